The second-order valence-corrected chi connectivity index (χ2v) is 8.61. The first-order valence-corrected chi connectivity index (χ1v) is 11.2. The van der Waals surface area contributed by atoms with Gasteiger partial charge in [0.15, 0.2) is 5.13 Å². The van der Waals surface area contributed by atoms with Crippen molar-refractivity contribution in [1.82, 2.24) is 4.98 Å². The number of nitrogens with zero attached hydrogens (tertiary/aromatic N) is 1. The molecular weight excluding hydrogens is 430 g/mol. The van der Waals surface area contributed by atoms with Crippen molar-refractivity contribution in [2.45, 2.75) is 4.90 Å². The molecule has 156 valence electrons. The maximum atomic E-state index is 12.3. The highest BCUT2D eigenvalue weighted by atomic mass is 32.2. The SMILES string of the molecule is COc1ccc(C(=O)Nc2ccc(SCC(=O)Nc3nc4ccccc4s3)cc2)cc1. The average Bonchev–Trinajstić information content (AvgIpc) is 3.21. The lowest BCUT2D eigenvalue weighted by Crippen LogP contribution is -2.13. The van der Waals surface area contributed by atoms with Gasteiger partial charge in [0.2, 0.25) is 5.91 Å². The highest BCUT2D eigenvalue weighted by Crippen LogP contribution is 2.26. The number of amides is 2. The number of para-hydroxylation sites is 1. The maximum absolute atomic E-state index is 12.3. The van der Waals surface area contributed by atoms with Crippen LogP contribution in [0.15, 0.2) is 77.7 Å². The summed E-state index contributed by atoms with van der Waals surface area (Å²) in [5, 5.41) is 6.31. The number of methoxy groups -OCH3 is 1. The predicted octanol–water partition coefficient (Wildman–Crippen LogP) is 5.29. The minimum Gasteiger partial charge on any atom is -0.497 e. The third-order valence-electron chi connectivity index (χ3n) is 4.37. The normalized spacial score (nSPS) is 10.6. The molecule has 0 saturated heterocycles. The van der Waals surface area contributed by atoms with E-state index in [-0.39, 0.29) is 17.6 Å². The number of fused-ring (bicyclic) bond motifs is 1. The zero-order chi connectivity index (χ0) is 21.6. The van der Waals surface area contributed by atoms with Crippen LogP contribution in [0.2, 0.25) is 0 Å². The van der Waals surface area contributed by atoms with Crippen molar-refractivity contribution in [2.24, 2.45) is 0 Å². The van der Waals surface area contributed by atoms with E-state index in [9.17, 15) is 9.59 Å². The molecule has 0 spiro atoms. The van der Waals surface area contributed by atoms with Crippen LogP contribution in [0, 0.1) is 0 Å². The van der Waals surface area contributed by atoms with E-state index in [4.69, 9.17) is 4.74 Å². The van der Waals surface area contributed by atoms with Crippen LogP contribution in [-0.2, 0) is 4.79 Å². The van der Waals surface area contributed by atoms with Gasteiger partial charge in [-0.25, -0.2) is 4.98 Å². The summed E-state index contributed by atoms with van der Waals surface area (Å²) in [7, 11) is 1.58. The van der Waals surface area contributed by atoms with Crippen LogP contribution in [0.5, 0.6) is 5.75 Å². The molecular formula is C23H19N3O3S2. The lowest BCUT2D eigenvalue weighted by Gasteiger charge is -2.07. The van der Waals surface area contributed by atoms with Crippen molar-refractivity contribution in [1.29, 1.82) is 0 Å². The molecule has 0 aliphatic heterocycles. The van der Waals surface area contributed by atoms with E-state index in [2.05, 4.69) is 15.6 Å². The lowest BCUT2D eigenvalue weighted by molar-refractivity contribution is -0.113. The Bertz CT molecular complexity index is 1170. The van der Waals surface area contributed by atoms with Crippen LogP contribution in [-0.4, -0.2) is 29.7 Å². The molecule has 0 aliphatic rings. The molecule has 2 amide bonds. The number of hydrogen-bond acceptors (Lipinski definition) is 6. The Balaban J connectivity index is 1.28. The van der Waals surface area contributed by atoms with Gasteiger partial charge in [-0.1, -0.05) is 23.5 Å². The van der Waals surface area contributed by atoms with Gasteiger partial charge in [0, 0.05) is 16.1 Å². The van der Waals surface area contributed by atoms with Gasteiger partial charge in [-0.3, -0.25) is 9.59 Å². The van der Waals surface area contributed by atoms with E-state index in [1.54, 1.807) is 31.4 Å². The molecule has 3 aromatic carbocycles. The smallest absolute Gasteiger partial charge is 0.255 e. The van der Waals surface area contributed by atoms with Gasteiger partial charge < -0.3 is 15.4 Å². The number of benzene rings is 3. The van der Waals surface area contributed by atoms with Crippen LogP contribution >= 0.6 is 23.1 Å². The molecule has 2 N–H and O–H groups in total. The van der Waals surface area contributed by atoms with Gasteiger partial charge in [-0.05, 0) is 60.7 Å². The first kappa shape index (κ1) is 20.9. The topological polar surface area (TPSA) is 80.3 Å². The fourth-order valence-corrected chi connectivity index (χ4v) is 4.39. The third kappa shape index (κ3) is 5.42. The second kappa shape index (κ2) is 9.63. The largest absolute Gasteiger partial charge is 0.497 e. The van der Waals surface area contributed by atoms with Crippen LogP contribution in [0.3, 0.4) is 0 Å². The van der Waals surface area contributed by atoms with Crippen molar-refractivity contribution in [2.75, 3.05) is 23.5 Å². The zero-order valence-electron chi connectivity index (χ0n) is 16.6. The Morgan fingerprint density at radius 3 is 2.42 bits per heavy atom. The number of ether oxygens (including phenoxy) is 1. The van der Waals surface area contributed by atoms with Gasteiger partial charge in [-0.15, -0.1) is 11.8 Å². The third-order valence-corrected chi connectivity index (χ3v) is 6.34. The molecule has 31 heavy (non-hydrogen) atoms. The van der Waals surface area contributed by atoms with E-state index in [1.165, 1.54) is 23.1 Å². The van der Waals surface area contributed by atoms with Crippen LogP contribution in [0.4, 0.5) is 10.8 Å². The Morgan fingerprint density at radius 1 is 0.968 bits per heavy atom. The lowest BCUT2D eigenvalue weighted by atomic mass is 10.2. The fourth-order valence-electron chi connectivity index (χ4n) is 2.81. The summed E-state index contributed by atoms with van der Waals surface area (Å²) in [6.45, 7) is 0. The highest BCUT2D eigenvalue weighted by molar-refractivity contribution is 8.00. The van der Waals surface area contributed by atoms with Crippen molar-refractivity contribution in [3.05, 3.63) is 78.4 Å². The summed E-state index contributed by atoms with van der Waals surface area (Å²) in [4.78, 5) is 29.9. The standard InChI is InChI=1S/C23H19N3O3S2/c1-29-17-10-6-15(7-11-17)22(28)24-16-8-12-18(13-9-16)30-14-21(27)26-23-25-19-4-2-3-5-20(19)31-23/h2-13H,14H2,1H3,(H,24,28)(H,25,26,27). The molecule has 1 aromatic heterocycles. The Labute approximate surface area is 187 Å². The summed E-state index contributed by atoms with van der Waals surface area (Å²) in [6.07, 6.45) is 0. The van der Waals surface area contributed by atoms with Gasteiger partial charge >= 0.3 is 0 Å². The molecule has 0 unspecified atom stereocenters. The van der Waals surface area contributed by atoms with E-state index in [1.807, 2.05) is 48.5 Å². The molecule has 0 bridgehead atoms. The van der Waals surface area contributed by atoms with Crippen molar-refractivity contribution in [3.8, 4) is 5.75 Å². The summed E-state index contributed by atoms with van der Waals surface area (Å²) in [6, 6.07) is 22.1. The maximum Gasteiger partial charge on any atom is 0.255 e. The van der Waals surface area contributed by atoms with Gasteiger partial charge in [0.1, 0.15) is 5.75 Å². The molecule has 4 aromatic rings. The fraction of sp³-hybridized carbons (Fsp3) is 0.0870. The summed E-state index contributed by atoms with van der Waals surface area (Å²) in [5.74, 6) is 0.664. The van der Waals surface area contributed by atoms with Gasteiger partial charge in [-0.2, -0.15) is 0 Å². The van der Waals surface area contributed by atoms with E-state index in [0.29, 0.717) is 22.1 Å². The number of carbonyl (C=O) groups excluding carboxylic acids is 2. The summed E-state index contributed by atoms with van der Waals surface area (Å²) >= 11 is 2.88. The predicted molar refractivity (Wildman–Crippen MR) is 126 cm³/mol. The minimum atomic E-state index is -0.196. The molecule has 8 heteroatoms. The van der Waals surface area contributed by atoms with Crippen molar-refractivity contribution >= 4 is 55.9 Å². The number of rotatable bonds is 7. The van der Waals surface area contributed by atoms with Gasteiger partial charge in [0.05, 0.1) is 23.1 Å². The summed E-state index contributed by atoms with van der Waals surface area (Å²) in [5.41, 5.74) is 2.11. The van der Waals surface area contributed by atoms with E-state index < -0.39 is 0 Å². The van der Waals surface area contributed by atoms with Crippen LogP contribution in [0.1, 0.15) is 10.4 Å². The van der Waals surface area contributed by atoms with Crippen molar-refractivity contribution in [3.63, 3.8) is 0 Å². The number of hydrogen-bond donors (Lipinski definition) is 2. The molecule has 4 rings (SSSR count). The first-order chi connectivity index (χ1) is 15.1. The molecule has 0 fully saturated rings. The van der Waals surface area contributed by atoms with E-state index in [0.717, 1.165) is 15.1 Å². The molecule has 0 radical (unpaired) electrons. The van der Waals surface area contributed by atoms with E-state index >= 15 is 0 Å². The Hall–Kier alpha value is -3.36. The number of carbonyl (C=O) groups is 2. The number of thiazole rings is 1. The highest BCUT2D eigenvalue weighted by Gasteiger charge is 2.09. The second-order valence-electron chi connectivity index (χ2n) is 6.53. The Morgan fingerprint density at radius 2 is 1.71 bits per heavy atom. The minimum absolute atomic E-state index is 0.110. The first-order valence-electron chi connectivity index (χ1n) is 9.44. The number of thioether (sulfide) groups is 1. The van der Waals surface area contributed by atoms with Crippen LogP contribution < -0.4 is 15.4 Å². The molecule has 1 heterocycles. The van der Waals surface area contributed by atoms with Crippen molar-refractivity contribution < 1.29 is 14.3 Å². The number of anilines is 2. The quantitative estimate of drug-likeness (QED) is 0.375. The Kier molecular flexibility index (Phi) is 6.49. The summed E-state index contributed by atoms with van der Waals surface area (Å²) < 4.78 is 6.14. The number of aromatic nitrogens is 1. The van der Waals surface area contributed by atoms with Crippen LogP contribution in [0.25, 0.3) is 10.2 Å². The zero-order valence-corrected chi connectivity index (χ0v) is 18.3. The average molecular weight is 450 g/mol. The van der Waals surface area contributed by atoms with Gasteiger partial charge in [0.25, 0.3) is 5.91 Å². The molecule has 6 nitrogen and oxygen atoms in total. The molecule has 0 atom stereocenters. The molecule has 0 saturated carbocycles. The number of nitrogens with one attached hydrogen (secondary N) is 2. The monoisotopic (exact) mass is 449 g/mol. The molecule has 0 aliphatic carbocycles.